The van der Waals surface area contributed by atoms with Gasteiger partial charge in [-0.3, -0.25) is 9.79 Å². The Hall–Kier alpha value is -1.60. The minimum absolute atomic E-state index is 0.0667. The summed E-state index contributed by atoms with van der Waals surface area (Å²) >= 11 is 0. The number of carboxylic acids is 1. The molecule has 0 aromatic carbocycles. The van der Waals surface area contributed by atoms with Crippen molar-refractivity contribution in [1.82, 2.24) is 5.32 Å². The zero-order valence-corrected chi connectivity index (χ0v) is 11.8. The summed E-state index contributed by atoms with van der Waals surface area (Å²) in [4.78, 5) is 14.6. The number of aliphatic hydroxyl groups is 2. The van der Waals surface area contributed by atoms with Crippen molar-refractivity contribution in [3.8, 4) is 0 Å². The lowest BCUT2D eigenvalue weighted by atomic mass is 9.85. The van der Waals surface area contributed by atoms with E-state index in [0.717, 1.165) is 6.42 Å². The lowest BCUT2D eigenvalue weighted by Crippen LogP contribution is -2.43. The summed E-state index contributed by atoms with van der Waals surface area (Å²) in [5.41, 5.74) is -0.340. The van der Waals surface area contributed by atoms with Gasteiger partial charge in [0, 0.05) is 19.4 Å². The van der Waals surface area contributed by atoms with E-state index in [2.05, 4.69) is 10.3 Å². The summed E-state index contributed by atoms with van der Waals surface area (Å²) in [5, 5.41) is 31.5. The number of aliphatic imine (C=N–C) groups is 1. The Balaban J connectivity index is 3.10. The van der Waals surface area contributed by atoms with Crippen LogP contribution in [0.25, 0.3) is 0 Å². The summed E-state index contributed by atoms with van der Waals surface area (Å²) in [6.45, 7) is 1.87. The van der Waals surface area contributed by atoms with Gasteiger partial charge in [-0.2, -0.15) is 0 Å². The fraction of sp³-hybridized carbons (Fsp3) is 0.692. The smallest absolute Gasteiger partial charge is 0.325 e. The first-order valence-corrected chi connectivity index (χ1v) is 6.55. The molecule has 114 valence electrons. The molecule has 0 heterocycles. The summed E-state index contributed by atoms with van der Waals surface area (Å²) in [7, 11) is 1.47. The zero-order chi connectivity index (χ0) is 15.2. The average molecular weight is 286 g/mol. The van der Waals surface area contributed by atoms with Crippen LogP contribution < -0.4 is 5.32 Å². The van der Waals surface area contributed by atoms with Gasteiger partial charge in [-0.1, -0.05) is 6.92 Å². The van der Waals surface area contributed by atoms with Crippen LogP contribution in [0.5, 0.6) is 0 Å². The van der Waals surface area contributed by atoms with Gasteiger partial charge in [0.25, 0.3) is 0 Å². The number of ether oxygens (including phenoxy) is 1. The van der Waals surface area contributed by atoms with Crippen LogP contribution in [0.1, 0.15) is 26.2 Å². The van der Waals surface area contributed by atoms with Crippen molar-refractivity contribution in [1.29, 1.82) is 0 Å². The zero-order valence-electron chi connectivity index (χ0n) is 11.8. The van der Waals surface area contributed by atoms with E-state index in [1.807, 2.05) is 6.92 Å². The Morgan fingerprint density at radius 2 is 2.20 bits per heavy atom. The Morgan fingerprint density at radius 3 is 2.70 bits per heavy atom. The molecule has 1 rings (SSSR count). The van der Waals surface area contributed by atoms with Crippen LogP contribution in [-0.4, -0.2) is 59.4 Å². The van der Waals surface area contributed by atoms with E-state index in [9.17, 15) is 15.0 Å². The highest BCUT2D eigenvalue weighted by atomic mass is 16.5. The normalized spacial score (nSPS) is 24.9. The quantitative estimate of drug-likeness (QED) is 0.519. The van der Waals surface area contributed by atoms with Crippen molar-refractivity contribution < 1.29 is 24.9 Å². The number of allylic oxidation sites excluding steroid dienone is 1. The predicted molar refractivity (Wildman–Crippen MR) is 73.5 cm³/mol. The van der Waals surface area contributed by atoms with E-state index < -0.39 is 24.7 Å². The molecule has 0 aliphatic heterocycles. The van der Waals surface area contributed by atoms with Gasteiger partial charge in [-0.25, -0.2) is 0 Å². The molecule has 0 spiro atoms. The third-order valence-corrected chi connectivity index (χ3v) is 3.03. The number of rotatable bonds is 7. The van der Waals surface area contributed by atoms with Gasteiger partial charge in [0.1, 0.15) is 6.54 Å². The monoisotopic (exact) mass is 286 g/mol. The first-order valence-electron chi connectivity index (χ1n) is 6.55. The second kappa shape index (κ2) is 7.25. The topological polar surface area (TPSA) is 111 Å². The number of hydrogen-bond donors (Lipinski definition) is 4. The number of hydrogen-bond acceptors (Lipinski definition) is 6. The molecule has 0 aromatic heterocycles. The molecule has 0 fully saturated rings. The van der Waals surface area contributed by atoms with E-state index in [4.69, 9.17) is 9.84 Å². The highest BCUT2D eigenvalue weighted by Gasteiger charge is 2.37. The molecule has 1 atom stereocenters. The molecular weight excluding hydrogens is 264 g/mol. The summed E-state index contributed by atoms with van der Waals surface area (Å²) < 4.78 is 5.28. The molecule has 0 radical (unpaired) electrons. The maximum atomic E-state index is 10.6. The number of aliphatic hydroxyl groups excluding tert-OH is 1. The number of aliphatic carboxylic acids is 1. The fourth-order valence-corrected chi connectivity index (χ4v) is 2.10. The molecule has 0 saturated heterocycles. The van der Waals surface area contributed by atoms with E-state index >= 15 is 0 Å². The van der Waals surface area contributed by atoms with Gasteiger partial charge in [-0.05, 0) is 6.42 Å². The average Bonchev–Trinajstić information content (AvgIpc) is 2.42. The van der Waals surface area contributed by atoms with Crippen molar-refractivity contribution in [2.24, 2.45) is 4.99 Å². The number of carboxylic acid groups (broad SMARTS) is 1. The van der Waals surface area contributed by atoms with E-state index in [-0.39, 0.29) is 12.8 Å². The maximum Gasteiger partial charge on any atom is 0.325 e. The van der Waals surface area contributed by atoms with Crippen LogP contribution in [-0.2, 0) is 9.53 Å². The van der Waals surface area contributed by atoms with Crippen molar-refractivity contribution in [2.75, 3.05) is 26.8 Å². The number of methoxy groups -OCH3 is 1. The first-order chi connectivity index (χ1) is 9.45. The largest absolute Gasteiger partial charge is 0.493 e. The van der Waals surface area contributed by atoms with Gasteiger partial charge in [-0.15, -0.1) is 0 Å². The molecule has 7 heteroatoms. The number of nitrogens with one attached hydrogen (secondary N) is 1. The second-order valence-corrected chi connectivity index (χ2v) is 4.83. The highest BCUT2D eigenvalue weighted by Crippen LogP contribution is 2.30. The van der Waals surface area contributed by atoms with E-state index in [1.165, 1.54) is 7.11 Å². The lowest BCUT2D eigenvalue weighted by Gasteiger charge is -2.34. The summed E-state index contributed by atoms with van der Waals surface area (Å²) in [6.07, 6.45) is 1.18. The highest BCUT2D eigenvalue weighted by molar-refractivity contribution is 6.01. The molecule has 1 aliphatic carbocycles. The standard InChI is InChI=1S/C13H22N2O5/c1-3-4-14-9-5-13(19,8-16)6-10(12(9)20-2)15-7-11(17)18/h14,16,19H,3-8H2,1-2H3,(H,17,18). The maximum absolute atomic E-state index is 10.6. The Morgan fingerprint density at radius 1 is 1.50 bits per heavy atom. The Bertz CT molecular complexity index is 419. The summed E-state index contributed by atoms with van der Waals surface area (Å²) in [5.74, 6) is -0.605. The SMILES string of the molecule is CCCNC1=C(OC)C(=NCC(=O)O)CC(O)(CO)C1. The number of carbonyl (C=O) groups is 1. The van der Waals surface area contributed by atoms with Crippen LogP contribution in [0.4, 0.5) is 0 Å². The third-order valence-electron chi connectivity index (χ3n) is 3.03. The molecule has 1 unspecified atom stereocenters. The Labute approximate surface area is 118 Å². The third kappa shape index (κ3) is 4.21. The van der Waals surface area contributed by atoms with Crippen molar-refractivity contribution in [3.05, 3.63) is 11.5 Å². The van der Waals surface area contributed by atoms with Crippen molar-refractivity contribution in [2.45, 2.75) is 31.8 Å². The second-order valence-electron chi connectivity index (χ2n) is 4.83. The molecule has 0 bridgehead atoms. The molecule has 0 saturated carbocycles. The minimum atomic E-state index is -1.34. The van der Waals surface area contributed by atoms with Crippen LogP contribution in [0.2, 0.25) is 0 Å². The van der Waals surface area contributed by atoms with Crippen LogP contribution in [0.15, 0.2) is 16.4 Å². The summed E-state index contributed by atoms with van der Waals surface area (Å²) in [6, 6.07) is 0. The van der Waals surface area contributed by atoms with Gasteiger partial charge in [0.15, 0.2) is 5.76 Å². The van der Waals surface area contributed by atoms with Crippen molar-refractivity contribution in [3.63, 3.8) is 0 Å². The van der Waals surface area contributed by atoms with Crippen LogP contribution in [0, 0.1) is 0 Å². The van der Waals surface area contributed by atoms with Crippen LogP contribution in [0.3, 0.4) is 0 Å². The van der Waals surface area contributed by atoms with Gasteiger partial charge in [0.2, 0.25) is 0 Å². The molecule has 20 heavy (non-hydrogen) atoms. The fourth-order valence-electron chi connectivity index (χ4n) is 2.10. The van der Waals surface area contributed by atoms with E-state index in [0.29, 0.717) is 23.7 Å². The molecule has 1 aliphatic rings. The van der Waals surface area contributed by atoms with Crippen LogP contribution >= 0.6 is 0 Å². The van der Waals surface area contributed by atoms with Gasteiger partial charge in [0.05, 0.1) is 30.7 Å². The molecule has 7 nitrogen and oxygen atoms in total. The predicted octanol–water partition coefficient (Wildman–Crippen LogP) is -0.113. The number of nitrogens with zero attached hydrogens (tertiary/aromatic N) is 1. The van der Waals surface area contributed by atoms with E-state index in [1.54, 1.807) is 0 Å². The Kier molecular flexibility index (Phi) is 5.97. The van der Waals surface area contributed by atoms with Gasteiger partial charge < -0.3 is 25.4 Å². The van der Waals surface area contributed by atoms with Gasteiger partial charge >= 0.3 is 5.97 Å². The molecule has 4 N–H and O–H groups in total. The molecule has 0 amide bonds. The minimum Gasteiger partial charge on any atom is -0.493 e. The molecule has 0 aromatic rings. The molecular formula is C13H22N2O5. The van der Waals surface area contributed by atoms with Crippen molar-refractivity contribution >= 4 is 11.7 Å². The first kappa shape index (κ1) is 16.5. The lowest BCUT2D eigenvalue weighted by molar-refractivity contribution is -0.135.